The van der Waals surface area contributed by atoms with E-state index >= 15 is 0 Å². The largest absolute Gasteiger partial charge is 0.465 e. The molecule has 0 bridgehead atoms. The van der Waals surface area contributed by atoms with Gasteiger partial charge in [0.15, 0.2) is 0 Å². The van der Waals surface area contributed by atoms with Crippen molar-refractivity contribution in [1.29, 1.82) is 0 Å². The molecule has 0 aliphatic heterocycles. The van der Waals surface area contributed by atoms with Crippen LogP contribution in [0.2, 0.25) is 0 Å². The van der Waals surface area contributed by atoms with Crippen molar-refractivity contribution in [2.24, 2.45) is 0 Å². The number of carbonyl (C=O) groups is 1. The van der Waals surface area contributed by atoms with Crippen LogP contribution < -0.4 is 5.32 Å². The van der Waals surface area contributed by atoms with Gasteiger partial charge in [0.25, 0.3) is 0 Å². The summed E-state index contributed by atoms with van der Waals surface area (Å²) in [7, 11) is 0. The molecule has 0 spiro atoms. The van der Waals surface area contributed by atoms with E-state index in [-0.39, 0.29) is 12.6 Å². The molecule has 0 amide bonds. The van der Waals surface area contributed by atoms with Crippen LogP contribution in [0.4, 0.5) is 0 Å². The maximum absolute atomic E-state index is 12.0. The second kappa shape index (κ2) is 8.02. The molecular formula is C16H25NO3. The molecule has 20 heavy (non-hydrogen) atoms. The summed E-state index contributed by atoms with van der Waals surface area (Å²) in [5.74, 6) is -0.259. The lowest BCUT2D eigenvalue weighted by molar-refractivity contribution is -0.146. The standard InChI is InChI=1S/C16H25NO3/c1-4-9-14(15(19)20-5-2)17-16(3,12-18)13-10-7-6-8-11-13/h6-8,10-11,14,17-18H,4-5,9,12H2,1-3H3. The summed E-state index contributed by atoms with van der Waals surface area (Å²) in [6.45, 7) is 5.98. The Morgan fingerprint density at radius 1 is 1.35 bits per heavy atom. The molecule has 0 aliphatic carbocycles. The molecule has 0 aromatic heterocycles. The normalized spacial score (nSPS) is 15.4. The van der Waals surface area contributed by atoms with Gasteiger partial charge in [-0.2, -0.15) is 0 Å². The van der Waals surface area contributed by atoms with E-state index in [4.69, 9.17) is 4.74 Å². The Balaban J connectivity index is 2.90. The number of aliphatic hydroxyl groups excluding tert-OH is 1. The molecule has 1 aromatic rings. The van der Waals surface area contributed by atoms with Crippen LogP contribution in [0.3, 0.4) is 0 Å². The van der Waals surface area contributed by atoms with Crippen LogP contribution in [-0.2, 0) is 15.1 Å². The Labute approximate surface area is 121 Å². The van der Waals surface area contributed by atoms with Crippen LogP contribution in [-0.4, -0.2) is 30.3 Å². The van der Waals surface area contributed by atoms with E-state index in [1.807, 2.05) is 44.2 Å². The molecule has 4 nitrogen and oxygen atoms in total. The first-order valence-electron chi connectivity index (χ1n) is 7.18. The number of aliphatic hydroxyl groups is 1. The van der Waals surface area contributed by atoms with Crippen molar-refractivity contribution < 1.29 is 14.6 Å². The maximum Gasteiger partial charge on any atom is 0.323 e. The molecule has 0 fully saturated rings. The Bertz CT molecular complexity index is 407. The summed E-state index contributed by atoms with van der Waals surface area (Å²) in [4.78, 5) is 12.0. The van der Waals surface area contributed by atoms with Gasteiger partial charge in [0.05, 0.1) is 18.8 Å². The molecule has 0 radical (unpaired) electrons. The number of esters is 1. The molecule has 2 N–H and O–H groups in total. The van der Waals surface area contributed by atoms with E-state index in [1.54, 1.807) is 6.92 Å². The molecule has 4 heteroatoms. The third-order valence-electron chi connectivity index (χ3n) is 3.37. The van der Waals surface area contributed by atoms with E-state index in [0.29, 0.717) is 13.0 Å². The highest BCUT2D eigenvalue weighted by molar-refractivity contribution is 5.75. The van der Waals surface area contributed by atoms with Gasteiger partial charge in [0.2, 0.25) is 0 Å². The zero-order chi connectivity index (χ0) is 15.0. The molecule has 0 saturated carbocycles. The summed E-state index contributed by atoms with van der Waals surface area (Å²) >= 11 is 0. The second-order valence-corrected chi connectivity index (χ2v) is 5.09. The Kier molecular flexibility index (Phi) is 6.68. The molecule has 1 rings (SSSR count). The van der Waals surface area contributed by atoms with E-state index in [2.05, 4.69) is 5.32 Å². The lowest BCUT2D eigenvalue weighted by Crippen LogP contribution is -2.51. The first-order valence-corrected chi connectivity index (χ1v) is 7.18. The summed E-state index contributed by atoms with van der Waals surface area (Å²) in [5.41, 5.74) is 0.293. The van der Waals surface area contributed by atoms with Crippen LogP contribution in [0.15, 0.2) is 30.3 Å². The number of ether oxygens (including phenoxy) is 1. The summed E-state index contributed by atoms with van der Waals surface area (Å²) in [6.07, 6.45) is 1.55. The van der Waals surface area contributed by atoms with Crippen molar-refractivity contribution in [3.05, 3.63) is 35.9 Å². The average Bonchev–Trinajstić information content (AvgIpc) is 2.48. The molecule has 112 valence electrons. The third kappa shape index (κ3) is 4.32. The third-order valence-corrected chi connectivity index (χ3v) is 3.37. The van der Waals surface area contributed by atoms with Crippen molar-refractivity contribution in [1.82, 2.24) is 5.32 Å². The fourth-order valence-electron chi connectivity index (χ4n) is 2.19. The van der Waals surface area contributed by atoms with Crippen LogP contribution in [0.1, 0.15) is 39.2 Å². The van der Waals surface area contributed by atoms with Crippen molar-refractivity contribution in [2.45, 2.75) is 45.2 Å². The zero-order valence-corrected chi connectivity index (χ0v) is 12.6. The van der Waals surface area contributed by atoms with Crippen molar-refractivity contribution in [3.63, 3.8) is 0 Å². The van der Waals surface area contributed by atoms with Crippen LogP contribution in [0.25, 0.3) is 0 Å². The Morgan fingerprint density at radius 3 is 2.50 bits per heavy atom. The van der Waals surface area contributed by atoms with Gasteiger partial charge in [-0.25, -0.2) is 0 Å². The van der Waals surface area contributed by atoms with E-state index in [1.165, 1.54) is 0 Å². The number of benzene rings is 1. The predicted molar refractivity (Wildman–Crippen MR) is 79.3 cm³/mol. The average molecular weight is 279 g/mol. The van der Waals surface area contributed by atoms with Crippen LogP contribution >= 0.6 is 0 Å². The molecule has 2 unspecified atom stereocenters. The number of nitrogens with one attached hydrogen (secondary N) is 1. The predicted octanol–water partition coefficient (Wildman–Crippen LogP) is 2.22. The lowest BCUT2D eigenvalue weighted by Gasteiger charge is -2.33. The molecule has 0 saturated heterocycles. The lowest BCUT2D eigenvalue weighted by atomic mass is 9.91. The zero-order valence-electron chi connectivity index (χ0n) is 12.6. The van der Waals surface area contributed by atoms with Gasteiger partial charge in [0.1, 0.15) is 6.04 Å². The van der Waals surface area contributed by atoms with Crippen molar-refractivity contribution in [2.75, 3.05) is 13.2 Å². The highest BCUT2D eigenvalue weighted by atomic mass is 16.5. The molecule has 1 aromatic carbocycles. The highest BCUT2D eigenvalue weighted by Crippen LogP contribution is 2.21. The summed E-state index contributed by atoms with van der Waals surface area (Å²) < 4.78 is 5.10. The number of carbonyl (C=O) groups excluding carboxylic acids is 1. The minimum Gasteiger partial charge on any atom is -0.465 e. The van der Waals surface area contributed by atoms with E-state index in [0.717, 1.165) is 12.0 Å². The van der Waals surface area contributed by atoms with Crippen molar-refractivity contribution >= 4 is 5.97 Å². The van der Waals surface area contributed by atoms with Crippen LogP contribution in [0, 0.1) is 0 Å². The minimum absolute atomic E-state index is 0.0867. The number of rotatable bonds is 8. The van der Waals surface area contributed by atoms with Gasteiger partial charge in [-0.1, -0.05) is 43.7 Å². The highest BCUT2D eigenvalue weighted by Gasteiger charge is 2.31. The topological polar surface area (TPSA) is 58.6 Å². The van der Waals surface area contributed by atoms with Gasteiger partial charge in [-0.3, -0.25) is 10.1 Å². The molecule has 0 heterocycles. The monoisotopic (exact) mass is 279 g/mol. The Morgan fingerprint density at radius 2 is 2.00 bits per heavy atom. The molecular weight excluding hydrogens is 254 g/mol. The quantitative estimate of drug-likeness (QED) is 0.716. The minimum atomic E-state index is -0.659. The van der Waals surface area contributed by atoms with Gasteiger partial charge in [0, 0.05) is 0 Å². The number of hydrogen-bond donors (Lipinski definition) is 2. The van der Waals surface area contributed by atoms with Gasteiger partial charge < -0.3 is 9.84 Å². The van der Waals surface area contributed by atoms with Crippen molar-refractivity contribution in [3.8, 4) is 0 Å². The fourth-order valence-corrected chi connectivity index (χ4v) is 2.19. The summed E-state index contributed by atoms with van der Waals surface area (Å²) in [6, 6.07) is 9.25. The summed E-state index contributed by atoms with van der Waals surface area (Å²) in [5, 5.41) is 13.0. The van der Waals surface area contributed by atoms with E-state index < -0.39 is 11.6 Å². The van der Waals surface area contributed by atoms with E-state index in [9.17, 15) is 9.90 Å². The first kappa shape index (κ1) is 16.7. The Hall–Kier alpha value is -1.39. The van der Waals surface area contributed by atoms with Gasteiger partial charge in [-0.15, -0.1) is 0 Å². The molecule has 2 atom stereocenters. The van der Waals surface area contributed by atoms with Gasteiger partial charge >= 0.3 is 5.97 Å². The smallest absolute Gasteiger partial charge is 0.323 e. The van der Waals surface area contributed by atoms with Crippen LogP contribution in [0.5, 0.6) is 0 Å². The fraction of sp³-hybridized carbons (Fsp3) is 0.562. The molecule has 0 aliphatic rings. The first-order chi connectivity index (χ1) is 9.57. The van der Waals surface area contributed by atoms with Gasteiger partial charge in [-0.05, 0) is 25.8 Å². The SMILES string of the molecule is CCCC(NC(C)(CO)c1ccccc1)C(=O)OCC. The maximum atomic E-state index is 12.0. The number of hydrogen-bond acceptors (Lipinski definition) is 4. The second-order valence-electron chi connectivity index (χ2n) is 5.09.